The van der Waals surface area contributed by atoms with Crippen LogP contribution < -0.4 is 5.69 Å². The highest BCUT2D eigenvalue weighted by Crippen LogP contribution is 1.93. The Bertz CT molecular complexity index is 247. The first kappa shape index (κ1) is 11.0. The Labute approximate surface area is 73.4 Å². The summed E-state index contributed by atoms with van der Waals surface area (Å²) in [5.74, 6) is 0.522. The van der Waals surface area contributed by atoms with Gasteiger partial charge in [0.2, 0.25) is 0 Å². The minimum atomic E-state index is -0.0197. The van der Waals surface area contributed by atoms with Gasteiger partial charge in [-0.25, -0.2) is 4.79 Å². The van der Waals surface area contributed by atoms with Gasteiger partial charge in [0.05, 0.1) is 0 Å². The third kappa shape index (κ3) is 3.42. The van der Waals surface area contributed by atoms with Crippen LogP contribution in [0, 0.1) is 5.92 Å². The molecule has 12 heavy (non-hydrogen) atoms. The fraction of sp³-hybridized carbons (Fsp3) is 0.667. The number of aromatic amines is 1. The summed E-state index contributed by atoms with van der Waals surface area (Å²) in [6.07, 6.45) is 3.42. The van der Waals surface area contributed by atoms with Gasteiger partial charge in [0.15, 0.2) is 0 Å². The second-order valence-electron chi connectivity index (χ2n) is 2.81. The zero-order valence-electron chi connectivity index (χ0n) is 8.29. The van der Waals surface area contributed by atoms with Gasteiger partial charge < -0.3 is 4.98 Å². The van der Waals surface area contributed by atoms with Crippen molar-refractivity contribution in [3.8, 4) is 0 Å². The van der Waals surface area contributed by atoms with Crippen molar-refractivity contribution in [1.82, 2.24) is 9.55 Å². The molecule has 0 aliphatic heterocycles. The van der Waals surface area contributed by atoms with Gasteiger partial charge in [-0.1, -0.05) is 27.7 Å². The van der Waals surface area contributed by atoms with Crippen LogP contribution in [0.25, 0.3) is 0 Å². The molecule has 1 rings (SSSR count). The summed E-state index contributed by atoms with van der Waals surface area (Å²) < 4.78 is 1.67. The highest BCUT2D eigenvalue weighted by atomic mass is 16.1. The van der Waals surface area contributed by atoms with Crippen molar-refractivity contribution in [2.45, 2.75) is 34.2 Å². The van der Waals surface area contributed by atoms with Gasteiger partial charge in [-0.3, -0.25) is 4.57 Å². The lowest BCUT2D eigenvalue weighted by atomic mass is 10.2. The Hall–Kier alpha value is -0.990. The maximum atomic E-state index is 10.9. The maximum absolute atomic E-state index is 10.9. The third-order valence-electron chi connectivity index (χ3n) is 1.28. The summed E-state index contributed by atoms with van der Waals surface area (Å²) in [5.41, 5.74) is -0.0197. The molecular formula is C9H18N2O. The molecule has 0 radical (unpaired) electrons. The molecule has 0 fully saturated rings. The Kier molecular flexibility index (Phi) is 5.17. The van der Waals surface area contributed by atoms with E-state index in [0.29, 0.717) is 5.92 Å². The summed E-state index contributed by atoms with van der Waals surface area (Å²) in [4.78, 5) is 13.4. The van der Waals surface area contributed by atoms with Crippen molar-refractivity contribution in [3.63, 3.8) is 0 Å². The molecule has 3 nitrogen and oxygen atoms in total. The van der Waals surface area contributed by atoms with E-state index < -0.39 is 0 Å². The fourth-order valence-electron chi connectivity index (χ4n) is 0.886. The number of aromatic nitrogens is 2. The van der Waals surface area contributed by atoms with Crippen LogP contribution in [0.1, 0.15) is 27.7 Å². The molecule has 0 amide bonds. The highest BCUT2D eigenvalue weighted by molar-refractivity contribution is 4.75. The van der Waals surface area contributed by atoms with Crippen LogP contribution in [-0.2, 0) is 6.54 Å². The molecular weight excluding hydrogens is 152 g/mol. The summed E-state index contributed by atoms with van der Waals surface area (Å²) in [5, 5.41) is 0. The quantitative estimate of drug-likeness (QED) is 0.722. The average molecular weight is 170 g/mol. The molecule has 0 atom stereocenters. The van der Waals surface area contributed by atoms with Crippen molar-refractivity contribution in [3.05, 3.63) is 22.9 Å². The topological polar surface area (TPSA) is 37.8 Å². The zero-order valence-corrected chi connectivity index (χ0v) is 8.29. The van der Waals surface area contributed by atoms with E-state index in [1.807, 2.05) is 13.8 Å². The number of hydrogen-bond acceptors (Lipinski definition) is 1. The number of hydrogen-bond donors (Lipinski definition) is 1. The minimum Gasteiger partial charge on any atom is -0.313 e. The number of imidazole rings is 1. The van der Waals surface area contributed by atoms with Gasteiger partial charge in [0, 0.05) is 18.9 Å². The van der Waals surface area contributed by atoms with E-state index in [0.717, 1.165) is 6.54 Å². The Balaban J connectivity index is 0.000000561. The molecule has 0 aliphatic rings. The average Bonchev–Trinajstić information content (AvgIpc) is 2.40. The Morgan fingerprint density at radius 2 is 2.08 bits per heavy atom. The van der Waals surface area contributed by atoms with Gasteiger partial charge in [0.25, 0.3) is 0 Å². The van der Waals surface area contributed by atoms with Crippen LogP contribution in [0.5, 0.6) is 0 Å². The first-order valence-electron chi connectivity index (χ1n) is 4.44. The van der Waals surface area contributed by atoms with E-state index in [4.69, 9.17) is 0 Å². The molecule has 0 bridgehead atoms. The van der Waals surface area contributed by atoms with Crippen molar-refractivity contribution < 1.29 is 0 Å². The van der Waals surface area contributed by atoms with Crippen molar-refractivity contribution >= 4 is 0 Å². The second-order valence-corrected chi connectivity index (χ2v) is 2.81. The zero-order chi connectivity index (χ0) is 9.56. The summed E-state index contributed by atoms with van der Waals surface area (Å²) in [6.45, 7) is 8.96. The number of nitrogens with zero attached hydrogens (tertiary/aromatic N) is 1. The monoisotopic (exact) mass is 170 g/mol. The highest BCUT2D eigenvalue weighted by Gasteiger charge is 1.97. The van der Waals surface area contributed by atoms with E-state index in [1.165, 1.54) is 0 Å². The van der Waals surface area contributed by atoms with Crippen LogP contribution in [0.15, 0.2) is 17.2 Å². The molecule has 0 aromatic carbocycles. The maximum Gasteiger partial charge on any atom is 0.325 e. The normalized spacial score (nSPS) is 9.42. The van der Waals surface area contributed by atoms with E-state index in [-0.39, 0.29) is 5.69 Å². The fourth-order valence-corrected chi connectivity index (χ4v) is 0.886. The molecule has 0 saturated heterocycles. The van der Waals surface area contributed by atoms with Crippen LogP contribution in [0.2, 0.25) is 0 Å². The number of nitrogens with one attached hydrogen (secondary N) is 1. The van der Waals surface area contributed by atoms with Crippen LogP contribution in [0.3, 0.4) is 0 Å². The standard InChI is InChI=1S/C7H12N2O.C2H6/c1-6(2)5-9-4-3-8-7(9)10;1-2/h3-4,6H,5H2,1-2H3,(H,8,10);1-2H3. The lowest BCUT2D eigenvalue weighted by Gasteiger charge is -2.02. The molecule has 0 unspecified atom stereocenters. The third-order valence-corrected chi connectivity index (χ3v) is 1.28. The van der Waals surface area contributed by atoms with Crippen molar-refractivity contribution in [1.29, 1.82) is 0 Å². The second kappa shape index (κ2) is 5.63. The lowest BCUT2D eigenvalue weighted by Crippen LogP contribution is -2.18. The van der Waals surface area contributed by atoms with Crippen LogP contribution >= 0.6 is 0 Å². The molecule has 1 heterocycles. The summed E-state index contributed by atoms with van der Waals surface area (Å²) >= 11 is 0. The number of H-pyrrole nitrogens is 1. The molecule has 1 aromatic rings. The molecule has 0 saturated carbocycles. The van der Waals surface area contributed by atoms with Crippen LogP contribution in [0.4, 0.5) is 0 Å². The van der Waals surface area contributed by atoms with E-state index in [9.17, 15) is 4.79 Å². The van der Waals surface area contributed by atoms with Gasteiger partial charge in [-0.05, 0) is 5.92 Å². The molecule has 0 aliphatic carbocycles. The Morgan fingerprint density at radius 1 is 1.50 bits per heavy atom. The minimum absolute atomic E-state index is 0.0197. The van der Waals surface area contributed by atoms with Crippen molar-refractivity contribution in [2.75, 3.05) is 0 Å². The molecule has 3 heteroatoms. The van der Waals surface area contributed by atoms with Gasteiger partial charge in [-0.15, -0.1) is 0 Å². The Morgan fingerprint density at radius 3 is 2.42 bits per heavy atom. The van der Waals surface area contributed by atoms with Gasteiger partial charge in [-0.2, -0.15) is 0 Å². The molecule has 1 aromatic heterocycles. The van der Waals surface area contributed by atoms with E-state index in [1.54, 1.807) is 17.0 Å². The smallest absolute Gasteiger partial charge is 0.313 e. The first-order valence-corrected chi connectivity index (χ1v) is 4.44. The predicted octanol–water partition coefficient (Wildman–Crippen LogP) is 1.86. The summed E-state index contributed by atoms with van der Waals surface area (Å²) in [6, 6.07) is 0. The van der Waals surface area contributed by atoms with E-state index in [2.05, 4.69) is 18.8 Å². The number of rotatable bonds is 2. The largest absolute Gasteiger partial charge is 0.325 e. The van der Waals surface area contributed by atoms with E-state index >= 15 is 0 Å². The van der Waals surface area contributed by atoms with Gasteiger partial charge in [0.1, 0.15) is 0 Å². The van der Waals surface area contributed by atoms with Crippen LogP contribution in [-0.4, -0.2) is 9.55 Å². The first-order chi connectivity index (χ1) is 5.70. The summed E-state index contributed by atoms with van der Waals surface area (Å²) in [7, 11) is 0. The SMILES string of the molecule is CC.CC(C)Cn1cc[nH]c1=O. The molecule has 0 spiro atoms. The van der Waals surface area contributed by atoms with Crippen molar-refractivity contribution in [2.24, 2.45) is 5.92 Å². The molecule has 1 N–H and O–H groups in total. The molecule has 70 valence electrons. The predicted molar refractivity (Wildman–Crippen MR) is 51.2 cm³/mol. The van der Waals surface area contributed by atoms with Gasteiger partial charge >= 0.3 is 5.69 Å². The lowest BCUT2D eigenvalue weighted by molar-refractivity contribution is 0.512.